The summed E-state index contributed by atoms with van der Waals surface area (Å²) < 4.78 is 6.41. The zero-order chi connectivity index (χ0) is 18.4. The summed E-state index contributed by atoms with van der Waals surface area (Å²) in [5.41, 5.74) is 0. The van der Waals surface area contributed by atoms with Crippen LogP contribution in [0.5, 0.6) is 5.75 Å². The highest BCUT2D eigenvalue weighted by Gasteiger charge is 2.23. The fraction of sp³-hybridized carbons (Fsp3) is 0.400. The summed E-state index contributed by atoms with van der Waals surface area (Å²) in [6, 6.07) is 13.2. The molecule has 2 heterocycles. The number of thiophene rings is 1. The largest absolute Gasteiger partial charge is 0.493 e. The Morgan fingerprint density at radius 1 is 1.08 bits per heavy atom. The van der Waals surface area contributed by atoms with Crippen molar-refractivity contribution in [1.29, 1.82) is 0 Å². The summed E-state index contributed by atoms with van der Waals surface area (Å²) in [5.74, 6) is 1.40. The van der Waals surface area contributed by atoms with Crippen LogP contribution in [-0.2, 0) is 4.79 Å². The van der Waals surface area contributed by atoms with Gasteiger partial charge in [-0.25, -0.2) is 0 Å². The van der Waals surface area contributed by atoms with Gasteiger partial charge in [-0.05, 0) is 43.0 Å². The Bertz CT molecular complexity index is 739. The molecule has 0 bridgehead atoms. The van der Waals surface area contributed by atoms with Gasteiger partial charge in [0.15, 0.2) is 5.78 Å². The quantitative estimate of drug-likeness (QED) is 0.643. The standard InChI is InChI=1S/C20H22ClNO3S/c21-19-8-7-18(26-19)17(23)6-9-20(24)22-12-10-15(11-13-22)14-25-16-4-2-1-3-5-16/h1-5,7-8,15H,6,9-14H2. The maximum Gasteiger partial charge on any atom is 0.223 e. The molecule has 1 amide bonds. The first-order chi connectivity index (χ1) is 12.6. The molecule has 1 fully saturated rings. The number of halogens is 1. The van der Waals surface area contributed by atoms with Gasteiger partial charge in [0.1, 0.15) is 5.75 Å². The molecule has 138 valence electrons. The fourth-order valence-electron chi connectivity index (χ4n) is 3.05. The number of carbonyl (C=O) groups is 2. The second kappa shape index (κ2) is 9.19. The normalized spacial score (nSPS) is 15.0. The van der Waals surface area contributed by atoms with E-state index in [-0.39, 0.29) is 24.5 Å². The van der Waals surface area contributed by atoms with Crippen LogP contribution in [-0.4, -0.2) is 36.3 Å². The molecule has 0 N–H and O–H groups in total. The lowest BCUT2D eigenvalue weighted by Crippen LogP contribution is -2.39. The lowest BCUT2D eigenvalue weighted by Gasteiger charge is -2.32. The number of amides is 1. The van der Waals surface area contributed by atoms with Gasteiger partial charge in [-0.3, -0.25) is 9.59 Å². The molecule has 0 atom stereocenters. The fourth-order valence-corrected chi connectivity index (χ4v) is 4.06. The first-order valence-corrected chi connectivity index (χ1v) is 10.1. The third kappa shape index (κ3) is 5.32. The van der Waals surface area contributed by atoms with Gasteiger partial charge in [-0.1, -0.05) is 29.8 Å². The van der Waals surface area contributed by atoms with Crippen molar-refractivity contribution >= 4 is 34.6 Å². The van der Waals surface area contributed by atoms with E-state index in [4.69, 9.17) is 16.3 Å². The Balaban J connectivity index is 1.37. The Morgan fingerprint density at radius 2 is 1.81 bits per heavy atom. The van der Waals surface area contributed by atoms with Crippen molar-refractivity contribution in [3.05, 3.63) is 51.7 Å². The molecule has 0 spiro atoms. The SMILES string of the molecule is O=C(CCC(=O)N1CCC(COc2ccccc2)CC1)c1ccc(Cl)s1. The molecular formula is C20H22ClNO3S. The molecule has 1 aromatic carbocycles. The van der Waals surface area contributed by atoms with Crippen molar-refractivity contribution in [2.24, 2.45) is 5.92 Å². The number of benzene rings is 1. The van der Waals surface area contributed by atoms with E-state index in [1.165, 1.54) is 11.3 Å². The number of carbonyl (C=O) groups excluding carboxylic acids is 2. The number of rotatable bonds is 7. The number of para-hydroxylation sites is 1. The van der Waals surface area contributed by atoms with Crippen molar-refractivity contribution in [3.8, 4) is 5.75 Å². The van der Waals surface area contributed by atoms with Crippen LogP contribution in [0.1, 0.15) is 35.4 Å². The molecule has 2 aromatic rings. The average Bonchev–Trinajstić information content (AvgIpc) is 3.12. The maximum atomic E-state index is 12.3. The molecule has 3 rings (SSSR count). The number of hydrogen-bond donors (Lipinski definition) is 0. The summed E-state index contributed by atoms with van der Waals surface area (Å²) in [7, 11) is 0. The minimum atomic E-state index is -0.0126. The molecular weight excluding hydrogens is 370 g/mol. The third-order valence-corrected chi connectivity index (χ3v) is 5.88. The van der Waals surface area contributed by atoms with Crippen molar-refractivity contribution in [1.82, 2.24) is 4.90 Å². The Morgan fingerprint density at radius 3 is 2.46 bits per heavy atom. The van der Waals surface area contributed by atoms with Crippen LogP contribution in [0.25, 0.3) is 0 Å². The molecule has 0 aliphatic carbocycles. The van der Waals surface area contributed by atoms with Gasteiger partial charge in [0.05, 0.1) is 15.8 Å². The molecule has 26 heavy (non-hydrogen) atoms. The van der Waals surface area contributed by atoms with Crippen LogP contribution in [0.2, 0.25) is 4.34 Å². The van der Waals surface area contributed by atoms with E-state index < -0.39 is 0 Å². The summed E-state index contributed by atoms with van der Waals surface area (Å²) in [6.07, 6.45) is 2.38. The smallest absolute Gasteiger partial charge is 0.223 e. The number of ketones is 1. The molecule has 1 aliphatic heterocycles. The summed E-state index contributed by atoms with van der Waals surface area (Å²) in [6.45, 7) is 2.16. The summed E-state index contributed by atoms with van der Waals surface area (Å²) in [4.78, 5) is 26.9. The number of hydrogen-bond acceptors (Lipinski definition) is 4. The molecule has 0 saturated carbocycles. The lowest BCUT2D eigenvalue weighted by atomic mass is 9.97. The molecule has 6 heteroatoms. The van der Waals surface area contributed by atoms with Gasteiger partial charge in [0.25, 0.3) is 0 Å². The van der Waals surface area contributed by atoms with Crippen LogP contribution in [0, 0.1) is 5.92 Å². The Hall–Kier alpha value is -1.85. The van der Waals surface area contributed by atoms with Gasteiger partial charge in [0, 0.05) is 25.9 Å². The predicted octanol–water partition coefficient (Wildman–Crippen LogP) is 4.68. The molecule has 1 aliphatic rings. The topological polar surface area (TPSA) is 46.6 Å². The number of ether oxygens (including phenoxy) is 1. The lowest BCUT2D eigenvalue weighted by molar-refractivity contribution is -0.132. The molecule has 4 nitrogen and oxygen atoms in total. The second-order valence-electron chi connectivity index (χ2n) is 6.48. The molecule has 1 saturated heterocycles. The van der Waals surface area contributed by atoms with Gasteiger partial charge in [0.2, 0.25) is 5.91 Å². The second-order valence-corrected chi connectivity index (χ2v) is 8.19. The Labute approximate surface area is 162 Å². The number of Topliss-reactive ketones (excluding diaryl/α,β-unsaturated/α-hetero) is 1. The Kier molecular flexibility index (Phi) is 6.69. The summed E-state index contributed by atoms with van der Waals surface area (Å²) in [5, 5.41) is 0. The zero-order valence-electron chi connectivity index (χ0n) is 14.5. The highest BCUT2D eigenvalue weighted by molar-refractivity contribution is 7.18. The van der Waals surface area contributed by atoms with Crippen molar-refractivity contribution in [3.63, 3.8) is 0 Å². The van der Waals surface area contributed by atoms with Crippen LogP contribution < -0.4 is 4.74 Å². The highest BCUT2D eigenvalue weighted by Crippen LogP contribution is 2.24. The third-order valence-electron chi connectivity index (χ3n) is 4.61. The van der Waals surface area contributed by atoms with Crippen LogP contribution in [0.15, 0.2) is 42.5 Å². The zero-order valence-corrected chi connectivity index (χ0v) is 16.1. The van der Waals surface area contributed by atoms with Gasteiger partial charge >= 0.3 is 0 Å². The van der Waals surface area contributed by atoms with Crippen LogP contribution >= 0.6 is 22.9 Å². The van der Waals surface area contributed by atoms with Crippen LogP contribution in [0.4, 0.5) is 0 Å². The van der Waals surface area contributed by atoms with E-state index in [0.717, 1.165) is 31.7 Å². The van der Waals surface area contributed by atoms with Crippen molar-refractivity contribution in [2.75, 3.05) is 19.7 Å². The minimum Gasteiger partial charge on any atom is -0.493 e. The molecule has 0 radical (unpaired) electrons. The first-order valence-electron chi connectivity index (χ1n) is 8.86. The van der Waals surface area contributed by atoms with E-state index in [0.29, 0.717) is 21.7 Å². The van der Waals surface area contributed by atoms with E-state index in [1.807, 2.05) is 35.2 Å². The molecule has 1 aromatic heterocycles. The predicted molar refractivity (Wildman–Crippen MR) is 104 cm³/mol. The summed E-state index contributed by atoms with van der Waals surface area (Å²) >= 11 is 7.11. The van der Waals surface area contributed by atoms with Crippen molar-refractivity contribution in [2.45, 2.75) is 25.7 Å². The monoisotopic (exact) mass is 391 g/mol. The van der Waals surface area contributed by atoms with E-state index in [1.54, 1.807) is 12.1 Å². The average molecular weight is 392 g/mol. The highest BCUT2D eigenvalue weighted by atomic mass is 35.5. The first kappa shape index (κ1) is 18.9. The minimum absolute atomic E-state index is 0.0126. The van der Waals surface area contributed by atoms with E-state index >= 15 is 0 Å². The number of piperidine rings is 1. The van der Waals surface area contributed by atoms with E-state index in [9.17, 15) is 9.59 Å². The van der Waals surface area contributed by atoms with Crippen molar-refractivity contribution < 1.29 is 14.3 Å². The van der Waals surface area contributed by atoms with Crippen LogP contribution in [0.3, 0.4) is 0 Å². The maximum absolute atomic E-state index is 12.3. The van der Waals surface area contributed by atoms with Gasteiger partial charge in [-0.2, -0.15) is 0 Å². The molecule has 0 unspecified atom stereocenters. The number of nitrogens with zero attached hydrogens (tertiary/aromatic N) is 1. The number of likely N-dealkylation sites (tertiary alicyclic amines) is 1. The van der Waals surface area contributed by atoms with Gasteiger partial charge in [-0.15, -0.1) is 11.3 Å². The van der Waals surface area contributed by atoms with E-state index in [2.05, 4.69) is 0 Å². The van der Waals surface area contributed by atoms with Gasteiger partial charge < -0.3 is 9.64 Å².